The van der Waals surface area contributed by atoms with Crippen molar-refractivity contribution in [3.05, 3.63) is 77.3 Å². The average Bonchev–Trinajstić information content (AvgIpc) is 2.62. The van der Waals surface area contributed by atoms with Crippen molar-refractivity contribution in [3.63, 3.8) is 0 Å². The smallest absolute Gasteiger partial charge is 0.125 e. The van der Waals surface area contributed by atoms with Crippen molar-refractivity contribution in [2.24, 2.45) is 0 Å². The van der Waals surface area contributed by atoms with Crippen molar-refractivity contribution in [2.75, 3.05) is 0 Å². The number of benzene rings is 3. The highest BCUT2D eigenvalue weighted by Gasteiger charge is 2.14. The quantitative estimate of drug-likeness (QED) is 0.507. The van der Waals surface area contributed by atoms with Gasteiger partial charge in [0.05, 0.1) is 0 Å². The van der Waals surface area contributed by atoms with E-state index in [1.54, 1.807) is 12.1 Å². The minimum absolute atomic E-state index is 0.198. The van der Waals surface area contributed by atoms with Crippen LogP contribution in [0.1, 0.15) is 0 Å². The van der Waals surface area contributed by atoms with E-state index in [1.165, 1.54) is 0 Å². The van der Waals surface area contributed by atoms with Crippen molar-refractivity contribution in [3.8, 4) is 28.3 Å². The van der Waals surface area contributed by atoms with Gasteiger partial charge < -0.3 is 5.11 Å². The second-order valence-electron chi connectivity index (χ2n) is 5.47. The van der Waals surface area contributed by atoms with Crippen LogP contribution in [0.2, 0.25) is 0 Å². The van der Waals surface area contributed by atoms with Gasteiger partial charge in [0.15, 0.2) is 0 Å². The number of fused-ring (bicyclic) bond motifs is 1. The Morgan fingerprint density at radius 2 is 1.42 bits per heavy atom. The molecule has 4 heteroatoms. The number of phenols is 1. The fourth-order valence-corrected chi connectivity index (χ4v) is 3.17. The number of phenolic OH excluding ortho intramolecular Hbond substituents is 1. The van der Waals surface area contributed by atoms with Crippen LogP contribution in [0.4, 0.5) is 0 Å². The molecule has 116 valence electrons. The van der Waals surface area contributed by atoms with Crippen molar-refractivity contribution in [1.82, 2.24) is 10.2 Å². The van der Waals surface area contributed by atoms with E-state index >= 15 is 0 Å². The number of rotatable bonds is 2. The van der Waals surface area contributed by atoms with Crippen molar-refractivity contribution in [1.29, 1.82) is 0 Å². The molecular weight excluding hydrogens is 364 g/mol. The molecule has 0 aliphatic rings. The van der Waals surface area contributed by atoms with Crippen LogP contribution in [0, 0.1) is 0 Å². The third kappa shape index (κ3) is 2.55. The van der Waals surface area contributed by atoms with E-state index in [4.69, 9.17) is 0 Å². The summed E-state index contributed by atoms with van der Waals surface area (Å²) in [5, 5.41) is 21.0. The zero-order valence-electron chi connectivity index (χ0n) is 12.6. The minimum Gasteiger partial charge on any atom is -0.507 e. The summed E-state index contributed by atoms with van der Waals surface area (Å²) in [4.78, 5) is 0. The first kappa shape index (κ1) is 14.8. The number of para-hydroxylation sites is 1. The first-order chi connectivity index (χ1) is 11.7. The maximum atomic E-state index is 10.2. The number of halogens is 1. The zero-order valence-corrected chi connectivity index (χ0v) is 14.2. The van der Waals surface area contributed by atoms with Gasteiger partial charge in [-0.25, -0.2) is 0 Å². The van der Waals surface area contributed by atoms with E-state index in [0.717, 1.165) is 26.5 Å². The van der Waals surface area contributed by atoms with Gasteiger partial charge >= 0.3 is 0 Å². The van der Waals surface area contributed by atoms with Crippen LogP contribution in [-0.2, 0) is 0 Å². The molecule has 0 saturated heterocycles. The van der Waals surface area contributed by atoms with E-state index in [2.05, 4.69) is 26.1 Å². The molecule has 0 spiro atoms. The van der Waals surface area contributed by atoms with Gasteiger partial charge in [-0.2, -0.15) is 0 Å². The third-order valence-corrected chi connectivity index (χ3v) is 4.44. The Morgan fingerprint density at radius 1 is 0.708 bits per heavy atom. The molecule has 0 aliphatic heterocycles. The molecule has 0 amide bonds. The molecule has 0 bridgehead atoms. The first-order valence-electron chi connectivity index (χ1n) is 7.54. The number of nitrogens with zero attached hydrogens (tertiary/aromatic N) is 2. The minimum atomic E-state index is 0.198. The van der Waals surface area contributed by atoms with Gasteiger partial charge in [0.1, 0.15) is 17.1 Å². The van der Waals surface area contributed by atoms with Crippen LogP contribution in [0.25, 0.3) is 33.3 Å². The molecule has 0 aliphatic carbocycles. The highest BCUT2D eigenvalue weighted by molar-refractivity contribution is 9.10. The van der Waals surface area contributed by atoms with Gasteiger partial charge in [-0.1, -0.05) is 64.5 Å². The molecule has 0 unspecified atom stereocenters. The molecule has 4 aromatic rings. The van der Waals surface area contributed by atoms with Crippen molar-refractivity contribution < 1.29 is 5.11 Å². The number of hydrogen-bond donors (Lipinski definition) is 1. The second kappa shape index (κ2) is 6.06. The topological polar surface area (TPSA) is 46.0 Å². The maximum Gasteiger partial charge on any atom is 0.125 e. The lowest BCUT2D eigenvalue weighted by atomic mass is 10.00. The van der Waals surface area contributed by atoms with Gasteiger partial charge in [0.25, 0.3) is 0 Å². The van der Waals surface area contributed by atoms with Crippen molar-refractivity contribution in [2.45, 2.75) is 0 Å². The van der Waals surface area contributed by atoms with Gasteiger partial charge in [0, 0.05) is 26.4 Å². The van der Waals surface area contributed by atoms with Gasteiger partial charge in [-0.15, -0.1) is 10.2 Å². The molecule has 1 heterocycles. The monoisotopic (exact) mass is 376 g/mol. The van der Waals surface area contributed by atoms with Crippen LogP contribution in [-0.4, -0.2) is 15.3 Å². The lowest BCUT2D eigenvalue weighted by molar-refractivity contribution is 0.477. The van der Waals surface area contributed by atoms with E-state index in [1.807, 2.05) is 60.7 Å². The molecular formula is C20H13BrN2O. The summed E-state index contributed by atoms with van der Waals surface area (Å²) in [7, 11) is 0. The SMILES string of the molecule is Oc1ccccc1-c1nnc(-c2ccccc2)c2cc(Br)ccc12. The Hall–Kier alpha value is -2.72. The number of aromatic hydroxyl groups is 1. The predicted molar refractivity (Wildman–Crippen MR) is 99.8 cm³/mol. The number of aromatic nitrogens is 2. The summed E-state index contributed by atoms with van der Waals surface area (Å²) in [5.41, 5.74) is 3.19. The zero-order chi connectivity index (χ0) is 16.5. The van der Waals surface area contributed by atoms with Gasteiger partial charge in [-0.3, -0.25) is 0 Å². The normalized spacial score (nSPS) is 10.9. The summed E-state index contributed by atoms with van der Waals surface area (Å²) >= 11 is 3.54. The molecule has 4 rings (SSSR count). The van der Waals surface area contributed by atoms with E-state index < -0.39 is 0 Å². The summed E-state index contributed by atoms with van der Waals surface area (Å²) < 4.78 is 0.975. The Bertz CT molecular complexity index is 1030. The standard InChI is InChI=1S/C20H13BrN2O/c21-14-10-11-15-17(12-14)19(13-6-2-1-3-7-13)22-23-20(15)16-8-4-5-9-18(16)24/h1-12,24H. The molecule has 3 nitrogen and oxygen atoms in total. The summed E-state index contributed by atoms with van der Waals surface area (Å²) in [6.07, 6.45) is 0. The molecule has 0 radical (unpaired) electrons. The van der Waals surface area contributed by atoms with Crippen LogP contribution in [0.3, 0.4) is 0 Å². The molecule has 0 atom stereocenters. The molecule has 0 fully saturated rings. The molecule has 0 saturated carbocycles. The van der Waals surface area contributed by atoms with E-state index in [9.17, 15) is 5.11 Å². The Morgan fingerprint density at radius 3 is 2.21 bits per heavy atom. The van der Waals surface area contributed by atoms with Crippen molar-refractivity contribution >= 4 is 26.7 Å². The van der Waals surface area contributed by atoms with Crippen LogP contribution < -0.4 is 0 Å². The van der Waals surface area contributed by atoms with Crippen LogP contribution in [0.5, 0.6) is 5.75 Å². The van der Waals surface area contributed by atoms with Gasteiger partial charge in [0.2, 0.25) is 0 Å². The second-order valence-corrected chi connectivity index (χ2v) is 6.39. The van der Waals surface area contributed by atoms with E-state index in [-0.39, 0.29) is 5.75 Å². The summed E-state index contributed by atoms with van der Waals surface area (Å²) in [6, 6.07) is 23.2. The van der Waals surface area contributed by atoms with Gasteiger partial charge in [-0.05, 0) is 24.3 Å². The van der Waals surface area contributed by atoms with E-state index in [0.29, 0.717) is 11.3 Å². The first-order valence-corrected chi connectivity index (χ1v) is 8.33. The fourth-order valence-electron chi connectivity index (χ4n) is 2.81. The lowest BCUT2D eigenvalue weighted by Gasteiger charge is -2.11. The third-order valence-electron chi connectivity index (χ3n) is 3.95. The van der Waals surface area contributed by atoms with Crippen LogP contribution >= 0.6 is 15.9 Å². The fraction of sp³-hybridized carbons (Fsp3) is 0. The van der Waals surface area contributed by atoms with Crippen LogP contribution in [0.15, 0.2) is 77.3 Å². The molecule has 1 aromatic heterocycles. The Kier molecular flexibility index (Phi) is 3.75. The largest absolute Gasteiger partial charge is 0.507 e. The molecule has 3 aromatic carbocycles. The highest BCUT2D eigenvalue weighted by atomic mass is 79.9. The summed E-state index contributed by atoms with van der Waals surface area (Å²) in [6.45, 7) is 0. The Labute approximate surface area is 147 Å². The Balaban J connectivity index is 2.05. The maximum absolute atomic E-state index is 10.2. The molecule has 24 heavy (non-hydrogen) atoms. The molecule has 1 N–H and O–H groups in total. The predicted octanol–water partition coefficient (Wildman–Crippen LogP) is 5.43. The highest BCUT2D eigenvalue weighted by Crippen LogP contribution is 2.36. The summed E-state index contributed by atoms with van der Waals surface area (Å²) in [5.74, 6) is 0.198. The lowest BCUT2D eigenvalue weighted by Crippen LogP contribution is -1.95. The number of hydrogen-bond acceptors (Lipinski definition) is 3. The average molecular weight is 377 g/mol.